The maximum absolute atomic E-state index is 6.13. The molecule has 0 N–H and O–H groups in total. The van der Waals surface area contributed by atoms with E-state index in [0.717, 1.165) is 27.1 Å². The summed E-state index contributed by atoms with van der Waals surface area (Å²) in [5.74, 6) is 0. The zero-order valence-electron chi connectivity index (χ0n) is 10.4. The van der Waals surface area contributed by atoms with E-state index in [0.29, 0.717) is 0 Å². The van der Waals surface area contributed by atoms with Crippen LogP contribution in [0.5, 0.6) is 0 Å². The van der Waals surface area contributed by atoms with Crippen molar-refractivity contribution in [3.05, 3.63) is 53.7 Å². The van der Waals surface area contributed by atoms with Crippen LogP contribution in [-0.2, 0) is 7.05 Å². The van der Waals surface area contributed by atoms with E-state index in [9.17, 15) is 0 Å². The monoisotopic (exact) mass is 266 g/mol. The van der Waals surface area contributed by atoms with E-state index in [2.05, 4.69) is 23.9 Å². The fraction of sp³-hybridized carbons (Fsp3) is 0.0625. The Morgan fingerprint density at radius 2 is 1.89 bits per heavy atom. The molecule has 0 aliphatic carbocycles. The molecule has 4 rings (SSSR count). The van der Waals surface area contributed by atoms with Gasteiger partial charge in [0.25, 0.3) is 0 Å². The Labute approximate surface area is 115 Å². The van der Waals surface area contributed by atoms with Gasteiger partial charge in [-0.15, -0.1) is 0 Å². The van der Waals surface area contributed by atoms with Crippen molar-refractivity contribution in [2.45, 2.75) is 0 Å². The molecule has 0 bridgehead atoms. The lowest BCUT2D eigenvalue weighted by molar-refractivity contribution is 0.955. The molecule has 92 valence electrons. The highest BCUT2D eigenvalue weighted by atomic mass is 35.5. The van der Waals surface area contributed by atoms with Crippen molar-refractivity contribution >= 4 is 33.4 Å². The minimum Gasteiger partial charge on any atom is -0.350 e. The minimum absolute atomic E-state index is 0.743. The average molecular weight is 267 g/mol. The van der Waals surface area contributed by atoms with Crippen molar-refractivity contribution in [1.82, 2.24) is 9.55 Å². The van der Waals surface area contributed by atoms with Gasteiger partial charge in [0, 0.05) is 40.1 Å². The number of hydrogen-bond donors (Lipinski definition) is 0. The number of pyridine rings is 1. The quantitative estimate of drug-likeness (QED) is 0.459. The number of nitrogens with zero attached hydrogens (tertiary/aromatic N) is 2. The molecule has 0 amide bonds. The van der Waals surface area contributed by atoms with Crippen molar-refractivity contribution in [3.8, 4) is 11.3 Å². The number of aryl methyl sites for hydroxylation is 1. The highest BCUT2D eigenvalue weighted by Gasteiger charge is 2.16. The minimum atomic E-state index is 0.743. The standard InChI is InChI=1S/C16H11ClN2/c1-19-9-13-11-4-2-3-5-14(11)18-16(13)12-8-10(17)6-7-15(12)19/h2-9H,1H3. The van der Waals surface area contributed by atoms with Gasteiger partial charge >= 0.3 is 0 Å². The summed E-state index contributed by atoms with van der Waals surface area (Å²) in [4.78, 5) is 4.75. The molecular formula is C16H11ClN2. The summed E-state index contributed by atoms with van der Waals surface area (Å²) in [7, 11) is 2.05. The lowest BCUT2D eigenvalue weighted by Gasteiger charge is -2.10. The molecule has 0 atom stereocenters. The molecule has 3 heteroatoms. The third-order valence-corrected chi connectivity index (χ3v) is 3.83. The van der Waals surface area contributed by atoms with Gasteiger partial charge in [-0.25, -0.2) is 4.98 Å². The molecule has 2 nitrogen and oxygen atoms in total. The Kier molecular flexibility index (Phi) is 2.12. The van der Waals surface area contributed by atoms with Crippen LogP contribution in [0.1, 0.15) is 0 Å². The summed E-state index contributed by atoms with van der Waals surface area (Å²) >= 11 is 6.13. The second kappa shape index (κ2) is 3.72. The molecule has 0 fully saturated rings. The van der Waals surface area contributed by atoms with Crippen LogP contribution in [0.4, 0.5) is 0 Å². The molecule has 2 aromatic rings. The van der Waals surface area contributed by atoms with E-state index in [-0.39, 0.29) is 0 Å². The number of halogens is 1. The van der Waals surface area contributed by atoms with Crippen LogP contribution in [0.2, 0.25) is 5.02 Å². The summed E-state index contributed by atoms with van der Waals surface area (Å²) < 4.78 is 2.13. The SMILES string of the molecule is Cn1cc2c3ccccc3nc-2c2cc(Cl)ccc21. The number of fused-ring (bicyclic) bond motifs is 5. The van der Waals surface area contributed by atoms with Gasteiger partial charge in [0.2, 0.25) is 0 Å². The second-order valence-corrected chi connectivity index (χ2v) is 5.23. The van der Waals surface area contributed by atoms with Crippen LogP contribution in [0.15, 0.2) is 48.7 Å². The summed E-state index contributed by atoms with van der Waals surface area (Å²) in [6.07, 6.45) is 2.14. The second-order valence-electron chi connectivity index (χ2n) is 4.79. The molecule has 2 aromatic carbocycles. The van der Waals surface area contributed by atoms with Crippen LogP contribution < -0.4 is 0 Å². The Bertz CT molecular complexity index is 892. The summed E-state index contributed by atoms with van der Waals surface area (Å²) in [6, 6.07) is 14.2. The maximum Gasteiger partial charge on any atom is 0.0824 e. The maximum atomic E-state index is 6.13. The lowest BCUT2D eigenvalue weighted by atomic mass is 10.1. The van der Waals surface area contributed by atoms with Crippen LogP contribution in [0, 0.1) is 0 Å². The highest BCUT2D eigenvalue weighted by molar-refractivity contribution is 6.31. The number of rotatable bonds is 0. The third kappa shape index (κ3) is 1.47. The largest absolute Gasteiger partial charge is 0.350 e. The molecule has 2 heterocycles. The van der Waals surface area contributed by atoms with Crippen molar-refractivity contribution < 1.29 is 0 Å². The molecule has 0 unspecified atom stereocenters. The normalized spacial score (nSPS) is 11.7. The van der Waals surface area contributed by atoms with Gasteiger partial charge in [0.15, 0.2) is 0 Å². The van der Waals surface area contributed by atoms with Gasteiger partial charge in [0.1, 0.15) is 0 Å². The Morgan fingerprint density at radius 1 is 1.05 bits per heavy atom. The average Bonchev–Trinajstić information content (AvgIpc) is 2.78. The molecule has 0 radical (unpaired) electrons. The number of aromatic nitrogens is 2. The predicted molar refractivity (Wildman–Crippen MR) is 79.9 cm³/mol. The zero-order valence-corrected chi connectivity index (χ0v) is 11.1. The van der Waals surface area contributed by atoms with E-state index >= 15 is 0 Å². The molecule has 19 heavy (non-hydrogen) atoms. The van der Waals surface area contributed by atoms with Crippen molar-refractivity contribution in [2.24, 2.45) is 7.05 Å². The summed E-state index contributed by atoms with van der Waals surface area (Å²) in [5.41, 5.74) is 4.37. The van der Waals surface area contributed by atoms with E-state index in [1.165, 1.54) is 10.9 Å². The smallest absolute Gasteiger partial charge is 0.0824 e. The third-order valence-electron chi connectivity index (χ3n) is 3.60. The number of hydrogen-bond acceptors (Lipinski definition) is 1. The first-order valence-corrected chi connectivity index (χ1v) is 6.55. The van der Waals surface area contributed by atoms with Crippen molar-refractivity contribution in [3.63, 3.8) is 0 Å². The molecule has 2 aliphatic rings. The Balaban J connectivity index is 2.29. The van der Waals surface area contributed by atoms with E-state index in [1.54, 1.807) is 0 Å². The van der Waals surface area contributed by atoms with Gasteiger partial charge in [-0.1, -0.05) is 29.8 Å². The first-order valence-electron chi connectivity index (χ1n) is 6.17. The van der Waals surface area contributed by atoms with Crippen molar-refractivity contribution in [1.29, 1.82) is 0 Å². The molecule has 0 saturated carbocycles. The molecule has 2 aliphatic heterocycles. The Morgan fingerprint density at radius 3 is 2.79 bits per heavy atom. The Hall–Kier alpha value is -2.06. The molecule has 0 saturated heterocycles. The van der Waals surface area contributed by atoms with Crippen LogP contribution in [-0.4, -0.2) is 9.55 Å². The van der Waals surface area contributed by atoms with Gasteiger partial charge in [-0.2, -0.15) is 0 Å². The number of para-hydroxylation sites is 1. The van der Waals surface area contributed by atoms with E-state index in [1.807, 2.05) is 36.4 Å². The van der Waals surface area contributed by atoms with Crippen molar-refractivity contribution in [2.75, 3.05) is 0 Å². The van der Waals surface area contributed by atoms with Gasteiger partial charge in [-0.05, 0) is 24.3 Å². The summed E-state index contributed by atoms with van der Waals surface area (Å²) in [5, 5.41) is 3.03. The zero-order chi connectivity index (χ0) is 13.0. The fourth-order valence-corrected chi connectivity index (χ4v) is 2.88. The highest BCUT2D eigenvalue weighted by Crippen LogP contribution is 2.36. The van der Waals surface area contributed by atoms with Crippen LogP contribution >= 0.6 is 11.6 Å². The first-order chi connectivity index (χ1) is 9.24. The molecule has 0 aromatic heterocycles. The lowest BCUT2D eigenvalue weighted by Crippen LogP contribution is -1.95. The number of benzene rings is 2. The topological polar surface area (TPSA) is 17.8 Å². The first kappa shape index (κ1) is 10.8. The fourth-order valence-electron chi connectivity index (χ4n) is 2.71. The van der Waals surface area contributed by atoms with Crippen LogP contribution in [0.25, 0.3) is 33.1 Å². The van der Waals surface area contributed by atoms with Gasteiger partial charge in [-0.3, -0.25) is 0 Å². The molecule has 0 spiro atoms. The van der Waals surface area contributed by atoms with Gasteiger partial charge in [0.05, 0.1) is 11.2 Å². The summed E-state index contributed by atoms with van der Waals surface area (Å²) in [6.45, 7) is 0. The molecular weight excluding hydrogens is 256 g/mol. The van der Waals surface area contributed by atoms with Gasteiger partial charge < -0.3 is 4.57 Å². The van der Waals surface area contributed by atoms with E-state index < -0.39 is 0 Å². The van der Waals surface area contributed by atoms with E-state index in [4.69, 9.17) is 16.6 Å². The predicted octanol–water partition coefficient (Wildman–Crippen LogP) is 4.48. The van der Waals surface area contributed by atoms with Crippen LogP contribution in [0.3, 0.4) is 0 Å².